The van der Waals surface area contributed by atoms with Gasteiger partial charge in [0, 0.05) is 0 Å². The molecular formula is C50H36N2OSi. The molecule has 0 N–H and O–H groups in total. The Hall–Kier alpha value is -6.75. The number of nitrogens with zero attached hydrogens (tertiary/aromatic N) is 2. The molecule has 0 amide bonds. The molecule has 0 saturated carbocycles. The molecule has 256 valence electrons. The Morgan fingerprint density at radius 3 is 1.46 bits per heavy atom. The molecular weight excluding hydrogens is 673 g/mol. The highest BCUT2D eigenvalue weighted by atomic mass is 28.3. The molecule has 0 spiro atoms. The van der Waals surface area contributed by atoms with Crippen LogP contribution in [-0.2, 0) is 6.61 Å². The lowest BCUT2D eigenvalue weighted by molar-refractivity contribution is 0.280. The van der Waals surface area contributed by atoms with E-state index in [1.165, 1.54) is 48.6 Å². The molecule has 8 aromatic carbocycles. The van der Waals surface area contributed by atoms with E-state index in [0.29, 0.717) is 6.61 Å². The van der Waals surface area contributed by atoms with Gasteiger partial charge in [-0.05, 0) is 78.4 Å². The van der Waals surface area contributed by atoms with Crippen molar-refractivity contribution in [2.24, 2.45) is 0 Å². The molecule has 0 bridgehead atoms. The summed E-state index contributed by atoms with van der Waals surface area (Å²) in [5, 5.41) is 5.35. The van der Waals surface area contributed by atoms with E-state index < -0.39 is 8.07 Å². The first kappa shape index (κ1) is 31.9. The number of hydrogen-bond donors (Lipinski definition) is 0. The first-order valence-corrected chi connectivity index (χ1v) is 20.5. The average molecular weight is 709 g/mol. The molecule has 3 nitrogen and oxygen atoms in total. The van der Waals surface area contributed by atoms with Gasteiger partial charge < -0.3 is 4.74 Å². The number of fused-ring (bicyclic) bond motifs is 5. The number of para-hydroxylation sites is 2. The Bertz CT molecular complexity index is 2690. The second-order valence-electron chi connectivity index (χ2n) is 13.9. The largest absolute Gasteiger partial charge is 0.483 e. The monoisotopic (exact) mass is 708 g/mol. The second kappa shape index (κ2) is 13.3. The van der Waals surface area contributed by atoms with E-state index in [-0.39, 0.29) is 0 Å². The molecule has 0 fully saturated rings. The van der Waals surface area contributed by atoms with Gasteiger partial charge in [0.15, 0.2) is 13.9 Å². The van der Waals surface area contributed by atoms with Crippen LogP contribution in [0.5, 0.6) is 5.75 Å². The Kier molecular flexibility index (Phi) is 7.89. The minimum atomic E-state index is -2.93. The number of benzene rings is 8. The lowest BCUT2D eigenvalue weighted by atomic mass is 10.1. The fourth-order valence-electron chi connectivity index (χ4n) is 8.33. The van der Waals surface area contributed by atoms with Gasteiger partial charge in [0.25, 0.3) is 0 Å². The smallest absolute Gasteiger partial charge is 0.179 e. The summed E-state index contributed by atoms with van der Waals surface area (Å²) in [6.45, 7) is 0.450. The van der Waals surface area contributed by atoms with Crippen LogP contribution in [0.15, 0.2) is 206 Å². The van der Waals surface area contributed by atoms with Crippen LogP contribution in [0.3, 0.4) is 0 Å². The van der Waals surface area contributed by atoms with Crippen molar-refractivity contribution in [3.8, 4) is 44.8 Å². The average Bonchev–Trinajstić information content (AvgIpc) is 3.64. The van der Waals surface area contributed by atoms with E-state index in [1.54, 1.807) is 0 Å². The molecule has 54 heavy (non-hydrogen) atoms. The summed E-state index contributed by atoms with van der Waals surface area (Å²) in [5.41, 5.74) is 10.3. The summed E-state index contributed by atoms with van der Waals surface area (Å²) in [7, 11) is -2.93. The van der Waals surface area contributed by atoms with Gasteiger partial charge in [-0.25, -0.2) is 4.98 Å². The molecule has 10 rings (SSSR count). The summed E-state index contributed by atoms with van der Waals surface area (Å²) >= 11 is 0. The van der Waals surface area contributed by atoms with Crippen LogP contribution in [0.4, 0.5) is 0 Å². The second-order valence-corrected chi connectivity index (χ2v) is 17.7. The number of imidazole rings is 1. The van der Waals surface area contributed by atoms with Crippen molar-refractivity contribution in [3.63, 3.8) is 0 Å². The molecule has 9 aromatic rings. The Balaban J connectivity index is 1.20. The fourth-order valence-corrected chi connectivity index (χ4v) is 13.2. The van der Waals surface area contributed by atoms with Gasteiger partial charge in [0.2, 0.25) is 0 Å². The van der Waals surface area contributed by atoms with Gasteiger partial charge in [0.1, 0.15) is 12.4 Å². The maximum atomic E-state index is 6.07. The van der Waals surface area contributed by atoms with Crippen molar-refractivity contribution in [2.75, 3.05) is 0 Å². The minimum Gasteiger partial charge on any atom is -0.483 e. The highest BCUT2D eigenvalue weighted by Crippen LogP contribution is 2.34. The Labute approximate surface area is 316 Å². The molecule has 2 heterocycles. The van der Waals surface area contributed by atoms with Crippen LogP contribution in [0, 0.1) is 0 Å². The zero-order chi connectivity index (χ0) is 35.9. The summed E-state index contributed by atoms with van der Waals surface area (Å²) in [4.78, 5) is 5.08. The minimum absolute atomic E-state index is 0.450. The highest BCUT2D eigenvalue weighted by Gasteiger charge is 2.42. The number of ether oxygens (including phenoxy) is 1. The standard InChI is InChI=1S/C50H36N2OSi/c1-4-15-36(16-5-1)38-19-12-24-43(31-38)54(42-22-8-3-9-23-42,44-25-13-20-39(32-44)37-17-6-2-7-18-37)45-26-14-21-40(33-45)41-29-30-47-46(34-41)51-50-35-53-49-28-11-10-27-48(49)52(47)50/h1-34H,35H2. The summed E-state index contributed by atoms with van der Waals surface area (Å²) in [6.07, 6.45) is 0. The van der Waals surface area contributed by atoms with Gasteiger partial charge in [0.05, 0.1) is 16.7 Å². The molecule has 0 aliphatic carbocycles. The zero-order valence-corrected chi connectivity index (χ0v) is 30.6. The fraction of sp³-hybridized carbons (Fsp3) is 0.0200. The predicted octanol–water partition coefficient (Wildman–Crippen LogP) is 9.30. The summed E-state index contributed by atoms with van der Waals surface area (Å²) in [6, 6.07) is 75.4. The third-order valence-electron chi connectivity index (χ3n) is 10.8. The van der Waals surface area contributed by atoms with Crippen molar-refractivity contribution < 1.29 is 4.74 Å². The van der Waals surface area contributed by atoms with E-state index in [1.807, 2.05) is 12.1 Å². The molecule has 0 atom stereocenters. The third-order valence-corrected chi connectivity index (χ3v) is 15.6. The first-order valence-electron chi connectivity index (χ1n) is 18.5. The van der Waals surface area contributed by atoms with Crippen LogP contribution in [0.2, 0.25) is 0 Å². The molecule has 1 aliphatic heterocycles. The first-order chi connectivity index (χ1) is 26.8. The van der Waals surface area contributed by atoms with Crippen LogP contribution < -0.4 is 25.5 Å². The van der Waals surface area contributed by atoms with Crippen molar-refractivity contribution in [1.82, 2.24) is 9.55 Å². The van der Waals surface area contributed by atoms with E-state index in [4.69, 9.17) is 9.72 Å². The van der Waals surface area contributed by atoms with E-state index in [2.05, 4.69) is 199 Å². The van der Waals surface area contributed by atoms with E-state index >= 15 is 0 Å². The van der Waals surface area contributed by atoms with Crippen LogP contribution in [-0.4, -0.2) is 17.6 Å². The molecule has 0 saturated heterocycles. The topological polar surface area (TPSA) is 27.1 Å². The highest BCUT2D eigenvalue weighted by molar-refractivity contribution is 7.20. The number of aromatic nitrogens is 2. The van der Waals surface area contributed by atoms with E-state index in [0.717, 1.165) is 33.9 Å². The van der Waals surface area contributed by atoms with Crippen molar-refractivity contribution >= 4 is 39.9 Å². The SMILES string of the molecule is c1ccc(-c2cccc([Si](c3ccccc3)(c3cccc(-c4ccccc4)c3)c3cccc(-c4ccc5c(c4)nc4n5-c5ccccc5OC4)c3)c2)cc1. The number of rotatable bonds is 7. The molecule has 1 aliphatic rings. The van der Waals surface area contributed by atoms with Crippen molar-refractivity contribution in [2.45, 2.75) is 6.61 Å². The lowest BCUT2D eigenvalue weighted by Gasteiger charge is -2.35. The van der Waals surface area contributed by atoms with Gasteiger partial charge in [-0.15, -0.1) is 0 Å². The predicted molar refractivity (Wildman–Crippen MR) is 225 cm³/mol. The Morgan fingerprint density at radius 2 is 0.870 bits per heavy atom. The van der Waals surface area contributed by atoms with Crippen LogP contribution >= 0.6 is 0 Å². The third kappa shape index (κ3) is 5.39. The normalized spacial score (nSPS) is 12.1. The molecule has 4 heteroatoms. The van der Waals surface area contributed by atoms with Gasteiger partial charge in [-0.3, -0.25) is 4.57 Å². The van der Waals surface area contributed by atoms with Gasteiger partial charge >= 0.3 is 0 Å². The Morgan fingerprint density at radius 1 is 0.407 bits per heavy atom. The van der Waals surface area contributed by atoms with Crippen molar-refractivity contribution in [1.29, 1.82) is 0 Å². The molecule has 0 radical (unpaired) electrons. The van der Waals surface area contributed by atoms with E-state index in [9.17, 15) is 0 Å². The zero-order valence-electron chi connectivity index (χ0n) is 29.6. The quantitative estimate of drug-likeness (QED) is 0.122. The number of hydrogen-bond acceptors (Lipinski definition) is 2. The lowest BCUT2D eigenvalue weighted by Crippen LogP contribution is -2.74. The maximum Gasteiger partial charge on any atom is 0.179 e. The summed E-state index contributed by atoms with van der Waals surface area (Å²) in [5.74, 6) is 1.80. The van der Waals surface area contributed by atoms with Crippen LogP contribution in [0.25, 0.3) is 50.1 Å². The van der Waals surface area contributed by atoms with Crippen molar-refractivity contribution in [3.05, 3.63) is 212 Å². The van der Waals surface area contributed by atoms with Crippen LogP contribution in [0.1, 0.15) is 5.82 Å². The maximum absolute atomic E-state index is 6.07. The molecule has 1 aromatic heterocycles. The molecule has 0 unspecified atom stereocenters. The van der Waals surface area contributed by atoms with Gasteiger partial charge in [-0.2, -0.15) is 0 Å². The van der Waals surface area contributed by atoms with Gasteiger partial charge in [-0.1, -0.05) is 182 Å². The summed E-state index contributed by atoms with van der Waals surface area (Å²) < 4.78 is 8.31.